The second-order valence-corrected chi connectivity index (χ2v) is 5.09. The number of nitrogens with two attached hydrogens (primary N) is 1. The van der Waals surface area contributed by atoms with Gasteiger partial charge in [0.15, 0.2) is 0 Å². The summed E-state index contributed by atoms with van der Waals surface area (Å²) in [5, 5.41) is 0. The molecule has 0 amide bonds. The summed E-state index contributed by atoms with van der Waals surface area (Å²) in [6, 6.07) is 9.85. The lowest BCUT2D eigenvalue weighted by atomic mass is 10.1. The van der Waals surface area contributed by atoms with E-state index >= 15 is 0 Å². The molecule has 2 N–H and O–H groups in total. The van der Waals surface area contributed by atoms with E-state index in [1.165, 1.54) is 5.56 Å². The SMILES string of the molecule is Cc1cc(OCCCc2ccncc2)ccc1C(N)=S. The molecule has 0 aliphatic carbocycles. The van der Waals surface area contributed by atoms with Gasteiger partial charge in [-0.05, 0) is 61.2 Å². The number of rotatable bonds is 6. The summed E-state index contributed by atoms with van der Waals surface area (Å²) in [5.74, 6) is 0.859. The van der Waals surface area contributed by atoms with Crippen molar-refractivity contribution in [3.05, 3.63) is 59.4 Å². The third-order valence-corrected chi connectivity index (χ3v) is 3.31. The van der Waals surface area contributed by atoms with Gasteiger partial charge in [-0.1, -0.05) is 12.2 Å². The van der Waals surface area contributed by atoms with Crippen LogP contribution in [0.4, 0.5) is 0 Å². The van der Waals surface area contributed by atoms with Crippen LogP contribution >= 0.6 is 12.2 Å². The van der Waals surface area contributed by atoms with Crippen molar-refractivity contribution in [3.8, 4) is 5.75 Å². The summed E-state index contributed by atoms with van der Waals surface area (Å²) in [7, 11) is 0. The molecular weight excluding hydrogens is 268 g/mol. The van der Waals surface area contributed by atoms with E-state index in [1.54, 1.807) is 0 Å². The lowest BCUT2D eigenvalue weighted by Crippen LogP contribution is -2.11. The van der Waals surface area contributed by atoms with Crippen molar-refractivity contribution in [1.82, 2.24) is 4.98 Å². The third-order valence-electron chi connectivity index (χ3n) is 3.09. The molecule has 0 saturated carbocycles. The minimum absolute atomic E-state index is 0.423. The number of hydrogen-bond acceptors (Lipinski definition) is 3. The van der Waals surface area contributed by atoms with Crippen LogP contribution in [-0.4, -0.2) is 16.6 Å². The zero-order chi connectivity index (χ0) is 14.4. The van der Waals surface area contributed by atoms with Gasteiger partial charge in [0, 0.05) is 18.0 Å². The molecule has 1 aromatic heterocycles. The quantitative estimate of drug-likeness (QED) is 0.655. The van der Waals surface area contributed by atoms with Crippen molar-refractivity contribution in [2.45, 2.75) is 19.8 Å². The van der Waals surface area contributed by atoms with E-state index in [-0.39, 0.29) is 0 Å². The van der Waals surface area contributed by atoms with Crippen molar-refractivity contribution in [2.24, 2.45) is 5.73 Å². The summed E-state index contributed by atoms with van der Waals surface area (Å²) in [4.78, 5) is 4.42. The predicted octanol–water partition coefficient (Wildman–Crippen LogP) is 3.04. The van der Waals surface area contributed by atoms with Gasteiger partial charge in [-0.25, -0.2) is 0 Å². The van der Waals surface area contributed by atoms with Crippen molar-refractivity contribution in [1.29, 1.82) is 0 Å². The Morgan fingerprint density at radius 2 is 2.00 bits per heavy atom. The highest BCUT2D eigenvalue weighted by Gasteiger charge is 2.03. The summed E-state index contributed by atoms with van der Waals surface area (Å²) < 4.78 is 5.74. The van der Waals surface area contributed by atoms with Crippen molar-refractivity contribution < 1.29 is 4.74 Å². The van der Waals surface area contributed by atoms with E-state index in [9.17, 15) is 0 Å². The van der Waals surface area contributed by atoms with Crippen LogP contribution in [-0.2, 0) is 6.42 Å². The van der Waals surface area contributed by atoms with Gasteiger partial charge in [0.05, 0.1) is 6.61 Å². The topological polar surface area (TPSA) is 48.1 Å². The molecule has 1 heterocycles. The zero-order valence-electron chi connectivity index (χ0n) is 11.5. The number of nitrogens with zero attached hydrogens (tertiary/aromatic N) is 1. The molecule has 0 atom stereocenters. The molecule has 0 fully saturated rings. The standard InChI is InChI=1S/C16H18N2OS/c1-12-11-14(4-5-15(12)16(17)20)19-10-2-3-13-6-8-18-9-7-13/h4-9,11H,2-3,10H2,1H3,(H2,17,20). The van der Waals surface area contributed by atoms with Crippen LogP contribution in [0.5, 0.6) is 5.75 Å². The second-order valence-electron chi connectivity index (χ2n) is 4.65. The van der Waals surface area contributed by atoms with E-state index in [0.29, 0.717) is 11.6 Å². The lowest BCUT2D eigenvalue weighted by Gasteiger charge is -2.09. The molecule has 0 aliphatic rings. The van der Waals surface area contributed by atoms with Crippen molar-refractivity contribution in [3.63, 3.8) is 0 Å². The summed E-state index contributed by atoms with van der Waals surface area (Å²) >= 11 is 4.99. The Balaban J connectivity index is 1.83. The number of benzene rings is 1. The molecule has 2 rings (SSSR count). The largest absolute Gasteiger partial charge is 0.494 e. The second kappa shape index (κ2) is 7.01. The number of thiocarbonyl (C=S) groups is 1. The highest BCUT2D eigenvalue weighted by atomic mass is 32.1. The molecular formula is C16H18N2OS. The average molecular weight is 286 g/mol. The highest BCUT2D eigenvalue weighted by molar-refractivity contribution is 7.80. The molecule has 0 radical (unpaired) electrons. The molecule has 0 bridgehead atoms. The van der Waals surface area contributed by atoms with Crippen LogP contribution < -0.4 is 10.5 Å². The van der Waals surface area contributed by atoms with Crippen molar-refractivity contribution >= 4 is 17.2 Å². The maximum Gasteiger partial charge on any atom is 0.119 e. The van der Waals surface area contributed by atoms with Crippen LogP contribution in [0.25, 0.3) is 0 Å². The van der Waals surface area contributed by atoms with Gasteiger partial charge in [0.25, 0.3) is 0 Å². The first-order valence-electron chi connectivity index (χ1n) is 6.59. The Hall–Kier alpha value is -1.94. The Morgan fingerprint density at radius 3 is 2.65 bits per heavy atom. The summed E-state index contributed by atoms with van der Waals surface area (Å²) in [6.45, 7) is 2.67. The average Bonchev–Trinajstić information content (AvgIpc) is 2.44. The number of aromatic nitrogens is 1. The molecule has 4 heteroatoms. The third kappa shape index (κ3) is 4.03. The molecule has 104 valence electrons. The van der Waals surface area contributed by atoms with Crippen molar-refractivity contribution in [2.75, 3.05) is 6.61 Å². The number of aryl methyl sites for hydroxylation is 2. The Bertz CT molecular complexity index is 584. The van der Waals surface area contributed by atoms with Crippen LogP contribution in [0.1, 0.15) is 23.1 Å². The van der Waals surface area contributed by atoms with Crippen LogP contribution in [0, 0.1) is 6.92 Å². The van der Waals surface area contributed by atoms with E-state index in [2.05, 4.69) is 4.98 Å². The molecule has 2 aromatic rings. The smallest absolute Gasteiger partial charge is 0.119 e. The summed E-state index contributed by atoms with van der Waals surface area (Å²) in [6.07, 6.45) is 5.59. The Labute approximate surface area is 124 Å². The van der Waals surface area contributed by atoms with Crippen LogP contribution in [0.15, 0.2) is 42.7 Å². The lowest BCUT2D eigenvalue weighted by molar-refractivity contribution is 0.311. The van der Waals surface area contributed by atoms with Gasteiger partial charge in [0.1, 0.15) is 10.7 Å². The fourth-order valence-corrected chi connectivity index (χ4v) is 2.25. The fraction of sp³-hybridized carbons (Fsp3) is 0.250. The highest BCUT2D eigenvalue weighted by Crippen LogP contribution is 2.17. The summed E-state index contributed by atoms with van der Waals surface area (Å²) in [5.41, 5.74) is 8.87. The number of ether oxygens (including phenoxy) is 1. The Morgan fingerprint density at radius 1 is 1.25 bits per heavy atom. The number of hydrogen-bond donors (Lipinski definition) is 1. The maximum atomic E-state index is 5.74. The predicted molar refractivity (Wildman–Crippen MR) is 85.1 cm³/mol. The molecule has 0 unspecified atom stereocenters. The van der Waals surface area contributed by atoms with Gasteiger partial charge in [-0.2, -0.15) is 0 Å². The van der Waals surface area contributed by atoms with Crippen LogP contribution in [0.2, 0.25) is 0 Å². The fourth-order valence-electron chi connectivity index (χ4n) is 2.02. The van der Waals surface area contributed by atoms with E-state index in [1.807, 2.05) is 49.6 Å². The van der Waals surface area contributed by atoms with Gasteiger partial charge >= 0.3 is 0 Å². The molecule has 0 aliphatic heterocycles. The first-order valence-corrected chi connectivity index (χ1v) is 7.00. The minimum Gasteiger partial charge on any atom is -0.494 e. The molecule has 0 saturated heterocycles. The molecule has 3 nitrogen and oxygen atoms in total. The first kappa shape index (κ1) is 14.5. The first-order chi connectivity index (χ1) is 9.66. The minimum atomic E-state index is 0.423. The molecule has 0 spiro atoms. The van der Waals surface area contributed by atoms with Gasteiger partial charge in [0.2, 0.25) is 0 Å². The van der Waals surface area contributed by atoms with E-state index in [4.69, 9.17) is 22.7 Å². The monoisotopic (exact) mass is 286 g/mol. The number of pyridine rings is 1. The normalized spacial score (nSPS) is 10.2. The van der Waals surface area contributed by atoms with Crippen LogP contribution in [0.3, 0.4) is 0 Å². The van der Waals surface area contributed by atoms with Gasteiger partial charge in [-0.15, -0.1) is 0 Å². The molecule has 20 heavy (non-hydrogen) atoms. The van der Waals surface area contributed by atoms with Gasteiger partial charge < -0.3 is 10.5 Å². The van der Waals surface area contributed by atoms with E-state index < -0.39 is 0 Å². The Kier molecular flexibility index (Phi) is 5.07. The van der Waals surface area contributed by atoms with E-state index in [0.717, 1.165) is 29.7 Å². The van der Waals surface area contributed by atoms with Gasteiger partial charge in [-0.3, -0.25) is 4.98 Å². The maximum absolute atomic E-state index is 5.74. The molecule has 1 aromatic carbocycles. The zero-order valence-corrected chi connectivity index (χ0v) is 12.3.